The second-order valence-electron chi connectivity index (χ2n) is 7.52. The zero-order chi connectivity index (χ0) is 22.8. The number of Topliss-reactive ketones (excluding diaryl/α,β-unsaturated/α-hetero) is 1. The Morgan fingerprint density at radius 3 is 2.53 bits per heavy atom. The SMILES string of the molecule is Cn1cc(C(=O)NC(Cc2ccccc2)C(=O)C(N)=O)c(-c2cccc3cnn(C)c23)n1. The first kappa shape index (κ1) is 21.0. The zero-order valence-corrected chi connectivity index (χ0v) is 17.6. The highest BCUT2D eigenvalue weighted by molar-refractivity contribution is 6.38. The Balaban J connectivity index is 1.70. The van der Waals surface area contributed by atoms with Crippen molar-refractivity contribution in [3.63, 3.8) is 0 Å². The van der Waals surface area contributed by atoms with E-state index in [0.29, 0.717) is 5.69 Å². The highest BCUT2D eigenvalue weighted by Gasteiger charge is 2.28. The first-order valence-corrected chi connectivity index (χ1v) is 9.98. The number of carbonyl (C=O) groups is 3. The summed E-state index contributed by atoms with van der Waals surface area (Å²) in [6.07, 6.45) is 3.46. The van der Waals surface area contributed by atoms with Crippen molar-refractivity contribution in [3.8, 4) is 11.3 Å². The van der Waals surface area contributed by atoms with E-state index in [2.05, 4.69) is 15.5 Å². The van der Waals surface area contributed by atoms with Gasteiger partial charge in [0.1, 0.15) is 11.7 Å². The Bertz CT molecular complexity index is 1320. The van der Waals surface area contributed by atoms with Gasteiger partial charge in [0.15, 0.2) is 0 Å². The Labute approximate surface area is 183 Å². The minimum Gasteiger partial charge on any atom is -0.363 e. The Morgan fingerprint density at radius 2 is 1.81 bits per heavy atom. The lowest BCUT2D eigenvalue weighted by atomic mass is 10.0. The minimum absolute atomic E-state index is 0.140. The van der Waals surface area contributed by atoms with Crippen LogP contribution in [0.15, 0.2) is 60.9 Å². The van der Waals surface area contributed by atoms with E-state index in [-0.39, 0.29) is 12.0 Å². The highest BCUT2D eigenvalue weighted by Crippen LogP contribution is 2.29. The summed E-state index contributed by atoms with van der Waals surface area (Å²) >= 11 is 0. The molecule has 4 rings (SSSR count). The van der Waals surface area contributed by atoms with Crippen molar-refractivity contribution in [2.45, 2.75) is 12.5 Å². The van der Waals surface area contributed by atoms with E-state index in [9.17, 15) is 14.4 Å². The van der Waals surface area contributed by atoms with E-state index in [1.165, 1.54) is 4.68 Å². The average Bonchev–Trinajstić information content (AvgIpc) is 3.36. The number of hydrogen-bond acceptors (Lipinski definition) is 5. The van der Waals surface area contributed by atoms with Crippen LogP contribution in [0.5, 0.6) is 0 Å². The summed E-state index contributed by atoms with van der Waals surface area (Å²) in [5.41, 5.74) is 8.30. The molecular formula is C23H22N6O3. The van der Waals surface area contributed by atoms with Crippen LogP contribution in [-0.2, 0) is 30.1 Å². The molecular weight excluding hydrogens is 408 g/mol. The van der Waals surface area contributed by atoms with E-state index in [1.54, 1.807) is 24.1 Å². The fraction of sp³-hybridized carbons (Fsp3) is 0.174. The Hall–Kier alpha value is -4.27. The summed E-state index contributed by atoms with van der Waals surface area (Å²) in [5, 5.41) is 12.4. The van der Waals surface area contributed by atoms with Gasteiger partial charge in [-0.2, -0.15) is 10.2 Å². The van der Waals surface area contributed by atoms with E-state index in [4.69, 9.17) is 5.73 Å². The van der Waals surface area contributed by atoms with E-state index < -0.39 is 23.6 Å². The lowest BCUT2D eigenvalue weighted by molar-refractivity contribution is -0.137. The number of hydrogen-bond donors (Lipinski definition) is 2. The third-order valence-corrected chi connectivity index (χ3v) is 5.24. The molecule has 0 radical (unpaired) electrons. The molecule has 162 valence electrons. The number of ketones is 1. The molecule has 0 saturated carbocycles. The van der Waals surface area contributed by atoms with Crippen molar-refractivity contribution < 1.29 is 14.4 Å². The summed E-state index contributed by atoms with van der Waals surface area (Å²) in [4.78, 5) is 37.3. The van der Waals surface area contributed by atoms with Crippen LogP contribution in [0.25, 0.3) is 22.2 Å². The topological polar surface area (TPSA) is 125 Å². The largest absolute Gasteiger partial charge is 0.363 e. The number of benzene rings is 2. The number of nitrogens with one attached hydrogen (secondary N) is 1. The number of aromatic nitrogens is 4. The van der Waals surface area contributed by atoms with Gasteiger partial charge in [-0.05, 0) is 5.56 Å². The fourth-order valence-electron chi connectivity index (χ4n) is 3.74. The Morgan fingerprint density at radius 1 is 1.06 bits per heavy atom. The third-order valence-electron chi connectivity index (χ3n) is 5.24. The number of nitrogens with two attached hydrogens (primary N) is 1. The number of fused-ring (bicyclic) bond motifs is 1. The van der Waals surface area contributed by atoms with Crippen LogP contribution in [0.3, 0.4) is 0 Å². The summed E-state index contributed by atoms with van der Waals surface area (Å²) in [6.45, 7) is 0. The minimum atomic E-state index is -1.10. The summed E-state index contributed by atoms with van der Waals surface area (Å²) in [7, 11) is 3.52. The van der Waals surface area contributed by atoms with Gasteiger partial charge in [0.25, 0.3) is 11.8 Å². The number of aryl methyl sites for hydroxylation is 2. The van der Waals surface area contributed by atoms with Gasteiger partial charge >= 0.3 is 0 Å². The number of rotatable bonds is 7. The number of amides is 2. The molecule has 0 bridgehead atoms. The fourth-order valence-corrected chi connectivity index (χ4v) is 3.74. The number of nitrogens with zero attached hydrogens (tertiary/aromatic N) is 4. The molecule has 0 spiro atoms. The van der Waals surface area contributed by atoms with Gasteiger partial charge in [0.05, 0.1) is 17.3 Å². The Kier molecular flexibility index (Phi) is 5.55. The molecule has 2 heterocycles. The molecule has 3 N–H and O–H groups in total. The molecule has 0 saturated heterocycles. The summed E-state index contributed by atoms with van der Waals surface area (Å²) in [5.74, 6) is -2.48. The molecule has 9 nitrogen and oxygen atoms in total. The molecule has 2 aromatic heterocycles. The van der Waals surface area contributed by atoms with Crippen LogP contribution in [-0.4, -0.2) is 43.2 Å². The molecule has 32 heavy (non-hydrogen) atoms. The predicted molar refractivity (Wildman–Crippen MR) is 119 cm³/mol. The van der Waals surface area contributed by atoms with Crippen LogP contribution < -0.4 is 11.1 Å². The van der Waals surface area contributed by atoms with Gasteiger partial charge in [0.2, 0.25) is 5.78 Å². The van der Waals surface area contributed by atoms with Gasteiger partial charge in [-0.1, -0.05) is 48.5 Å². The average molecular weight is 430 g/mol. The summed E-state index contributed by atoms with van der Waals surface area (Å²) < 4.78 is 3.25. The van der Waals surface area contributed by atoms with Crippen molar-refractivity contribution in [3.05, 3.63) is 72.1 Å². The molecule has 4 aromatic rings. The third kappa shape index (κ3) is 4.00. The van der Waals surface area contributed by atoms with Gasteiger partial charge in [0, 0.05) is 37.7 Å². The van der Waals surface area contributed by atoms with Crippen molar-refractivity contribution in [1.29, 1.82) is 0 Å². The standard InChI is InChI=1S/C23H22N6O3/c1-28-13-17(19(27-28)16-10-6-9-15-12-25-29(2)20(15)16)23(32)26-18(21(30)22(24)31)11-14-7-4-3-5-8-14/h3-10,12-13,18H,11H2,1-2H3,(H2,24,31)(H,26,32). The van der Waals surface area contributed by atoms with Crippen molar-refractivity contribution in [2.24, 2.45) is 19.8 Å². The van der Waals surface area contributed by atoms with Crippen LogP contribution >= 0.6 is 0 Å². The van der Waals surface area contributed by atoms with E-state index in [1.807, 2.05) is 55.6 Å². The maximum Gasteiger partial charge on any atom is 0.287 e. The first-order chi connectivity index (χ1) is 15.3. The van der Waals surface area contributed by atoms with Gasteiger partial charge in [-0.25, -0.2) is 0 Å². The van der Waals surface area contributed by atoms with Gasteiger partial charge in [-0.3, -0.25) is 23.7 Å². The predicted octanol–water partition coefficient (Wildman–Crippen LogP) is 1.37. The van der Waals surface area contributed by atoms with Crippen LogP contribution in [0.1, 0.15) is 15.9 Å². The van der Waals surface area contributed by atoms with Crippen LogP contribution in [0, 0.1) is 0 Å². The van der Waals surface area contributed by atoms with Crippen molar-refractivity contribution in [1.82, 2.24) is 24.9 Å². The number of para-hydroxylation sites is 1. The highest BCUT2D eigenvalue weighted by atomic mass is 16.2. The smallest absolute Gasteiger partial charge is 0.287 e. The molecule has 9 heteroatoms. The molecule has 1 atom stereocenters. The molecule has 0 aliphatic heterocycles. The molecule has 0 aliphatic carbocycles. The monoisotopic (exact) mass is 430 g/mol. The maximum atomic E-state index is 13.2. The molecule has 2 amide bonds. The number of carbonyl (C=O) groups excluding carboxylic acids is 3. The van der Waals surface area contributed by atoms with E-state index in [0.717, 1.165) is 22.0 Å². The molecule has 0 fully saturated rings. The zero-order valence-electron chi connectivity index (χ0n) is 17.6. The maximum absolute atomic E-state index is 13.2. The van der Waals surface area contributed by atoms with Gasteiger partial charge in [-0.15, -0.1) is 0 Å². The van der Waals surface area contributed by atoms with Crippen LogP contribution in [0.4, 0.5) is 0 Å². The first-order valence-electron chi connectivity index (χ1n) is 9.98. The van der Waals surface area contributed by atoms with Crippen LogP contribution in [0.2, 0.25) is 0 Å². The normalized spacial score (nSPS) is 11.9. The van der Waals surface area contributed by atoms with Crippen molar-refractivity contribution >= 4 is 28.5 Å². The lowest BCUT2D eigenvalue weighted by Gasteiger charge is -2.16. The second-order valence-corrected chi connectivity index (χ2v) is 7.52. The molecule has 1 unspecified atom stereocenters. The van der Waals surface area contributed by atoms with Gasteiger partial charge < -0.3 is 11.1 Å². The lowest BCUT2D eigenvalue weighted by Crippen LogP contribution is -2.47. The molecule has 0 aliphatic rings. The number of primary amides is 1. The summed E-state index contributed by atoms with van der Waals surface area (Å²) in [6, 6.07) is 13.7. The van der Waals surface area contributed by atoms with E-state index >= 15 is 0 Å². The second kappa shape index (κ2) is 8.46. The quantitative estimate of drug-likeness (QED) is 0.429. The van der Waals surface area contributed by atoms with Crippen molar-refractivity contribution in [2.75, 3.05) is 0 Å². The molecule has 2 aromatic carbocycles.